The number of aryl methyl sites for hydroxylation is 2. The van der Waals surface area contributed by atoms with Gasteiger partial charge in [0.15, 0.2) is 0 Å². The van der Waals surface area contributed by atoms with Crippen molar-refractivity contribution in [1.29, 1.82) is 0 Å². The zero-order chi connectivity index (χ0) is 29.3. The molecule has 0 fully saturated rings. The average molecular weight is 578 g/mol. The second kappa shape index (κ2) is 13.7. The third-order valence-electron chi connectivity index (χ3n) is 6.08. The molecule has 0 radical (unpaired) electrons. The zero-order valence-electron chi connectivity index (χ0n) is 22.4. The van der Waals surface area contributed by atoms with E-state index in [0.29, 0.717) is 24.9 Å². The number of carboxylic acids is 1. The summed E-state index contributed by atoms with van der Waals surface area (Å²) in [6, 6.07) is 16.4. The molecular formula is C28H32F3N4O4S-. The van der Waals surface area contributed by atoms with E-state index in [1.807, 2.05) is 24.3 Å². The van der Waals surface area contributed by atoms with Crippen LogP contribution in [0.3, 0.4) is 0 Å². The highest BCUT2D eigenvalue weighted by Crippen LogP contribution is 2.32. The Balaban J connectivity index is 1.66. The monoisotopic (exact) mass is 577 g/mol. The predicted octanol–water partition coefficient (Wildman–Crippen LogP) is 3.85. The number of aliphatic carboxylic acids is 1. The normalized spacial score (nSPS) is 11.9. The van der Waals surface area contributed by atoms with Crippen molar-refractivity contribution in [2.45, 2.75) is 74.9 Å². The minimum absolute atomic E-state index is 0.0297. The lowest BCUT2D eigenvalue weighted by atomic mass is 10.1. The maximum absolute atomic E-state index is 13.1. The Morgan fingerprint density at radius 3 is 2.38 bits per heavy atom. The number of carboxylic acid groups (broad SMARTS) is 1. The van der Waals surface area contributed by atoms with E-state index < -0.39 is 34.6 Å². The van der Waals surface area contributed by atoms with E-state index in [-0.39, 0.29) is 25.3 Å². The summed E-state index contributed by atoms with van der Waals surface area (Å²) in [6.07, 6.45) is -3.65. The number of rotatable bonds is 14. The molecule has 12 heteroatoms. The number of halogens is 3. The molecule has 0 saturated heterocycles. The number of alkyl halides is 3. The van der Waals surface area contributed by atoms with Crippen molar-refractivity contribution in [2.24, 2.45) is 0 Å². The summed E-state index contributed by atoms with van der Waals surface area (Å²) in [5, 5.41) is 18.3. The van der Waals surface area contributed by atoms with Gasteiger partial charge in [0.25, 0.3) is 5.56 Å². The number of anilines is 1. The number of carbonyl (C=O) groups is 1. The maximum atomic E-state index is 13.1. The van der Waals surface area contributed by atoms with Gasteiger partial charge >= 0.3 is 11.9 Å². The van der Waals surface area contributed by atoms with Crippen molar-refractivity contribution in [3.8, 4) is 0 Å². The highest BCUT2D eigenvalue weighted by atomic mass is 32.2. The first kappa shape index (κ1) is 31.0. The Morgan fingerprint density at radius 2 is 1.70 bits per heavy atom. The van der Waals surface area contributed by atoms with Crippen molar-refractivity contribution < 1.29 is 23.1 Å². The minimum atomic E-state index is -4.36. The smallest absolute Gasteiger partial charge is 0.389 e. The number of unbranched alkanes of at least 4 members (excludes halogenated alkanes) is 1. The summed E-state index contributed by atoms with van der Waals surface area (Å²) in [7, 11) is 0. The van der Waals surface area contributed by atoms with Gasteiger partial charge in [-0.05, 0) is 62.8 Å². The van der Waals surface area contributed by atoms with Gasteiger partial charge in [0.05, 0.1) is 17.3 Å². The van der Waals surface area contributed by atoms with Gasteiger partial charge in [-0.25, -0.2) is 9.48 Å². The molecule has 1 aromatic heterocycles. The van der Waals surface area contributed by atoms with Gasteiger partial charge in [-0.2, -0.15) is 13.2 Å². The lowest BCUT2D eigenvalue weighted by molar-refractivity contribution is -0.308. The summed E-state index contributed by atoms with van der Waals surface area (Å²) in [4.78, 5) is 38.1. The number of hydrogen-bond acceptors (Lipinski definition) is 7. The number of benzene rings is 2. The number of aromatic nitrogens is 3. The standard InChI is InChI=1S/C28H33F3N4O4S/c1-27(2,25(37)38)40-22-14-8-13-20(18-22)10-6-7-16-32-23-24(36)34(19-21-11-4-3-5-12-21)26(39)35(33-23)17-9-15-28(29,30)31/h3-5,8,11-14,18H,6-7,9-10,15-17,19H2,1-2H3,(H,32,33)(H,37,38)/p-1. The van der Waals surface area contributed by atoms with Crippen LogP contribution in [0.1, 0.15) is 50.7 Å². The van der Waals surface area contributed by atoms with Gasteiger partial charge in [-0.1, -0.05) is 42.5 Å². The van der Waals surface area contributed by atoms with Gasteiger partial charge in [-0.3, -0.25) is 9.36 Å². The zero-order valence-corrected chi connectivity index (χ0v) is 23.2. The highest BCUT2D eigenvalue weighted by molar-refractivity contribution is 8.01. The molecule has 0 aliphatic carbocycles. The summed E-state index contributed by atoms with van der Waals surface area (Å²) >= 11 is 1.21. The van der Waals surface area contributed by atoms with E-state index in [1.54, 1.807) is 44.2 Å². The molecule has 0 aliphatic heterocycles. The van der Waals surface area contributed by atoms with Gasteiger partial charge in [-0.15, -0.1) is 16.9 Å². The van der Waals surface area contributed by atoms with Crippen molar-refractivity contribution in [3.63, 3.8) is 0 Å². The van der Waals surface area contributed by atoms with Gasteiger partial charge in [0, 0.05) is 24.4 Å². The van der Waals surface area contributed by atoms with Crippen LogP contribution in [0.25, 0.3) is 0 Å². The van der Waals surface area contributed by atoms with Crippen molar-refractivity contribution in [2.75, 3.05) is 11.9 Å². The van der Waals surface area contributed by atoms with Gasteiger partial charge in [0.1, 0.15) is 0 Å². The molecule has 0 aliphatic rings. The Kier molecular flexibility index (Phi) is 10.6. The molecular weight excluding hydrogens is 545 g/mol. The molecule has 3 rings (SSSR count). The number of hydrogen-bond donors (Lipinski definition) is 1. The number of nitrogens with one attached hydrogen (secondary N) is 1. The van der Waals surface area contributed by atoms with Crippen LogP contribution in [0.2, 0.25) is 0 Å². The molecule has 8 nitrogen and oxygen atoms in total. The van der Waals surface area contributed by atoms with Crippen LogP contribution in [0, 0.1) is 0 Å². The van der Waals surface area contributed by atoms with E-state index >= 15 is 0 Å². The van der Waals surface area contributed by atoms with E-state index in [2.05, 4.69) is 10.4 Å². The first-order valence-electron chi connectivity index (χ1n) is 12.9. The fourth-order valence-electron chi connectivity index (χ4n) is 3.91. The first-order valence-corrected chi connectivity index (χ1v) is 13.7. The molecule has 0 saturated carbocycles. The first-order chi connectivity index (χ1) is 18.9. The van der Waals surface area contributed by atoms with Crippen LogP contribution in [0.4, 0.5) is 19.0 Å². The second-order valence-electron chi connectivity index (χ2n) is 9.88. The highest BCUT2D eigenvalue weighted by Gasteiger charge is 2.26. The van der Waals surface area contributed by atoms with Crippen LogP contribution in [-0.4, -0.2) is 37.8 Å². The lowest BCUT2D eigenvalue weighted by Crippen LogP contribution is -2.43. The summed E-state index contributed by atoms with van der Waals surface area (Å²) < 4.78 is 38.8. The number of thioether (sulfide) groups is 1. The number of nitrogens with zero attached hydrogens (tertiary/aromatic N) is 3. The lowest BCUT2D eigenvalue weighted by Gasteiger charge is -2.25. The molecule has 3 aromatic rings. The summed E-state index contributed by atoms with van der Waals surface area (Å²) in [6.45, 7) is 3.24. The molecule has 0 spiro atoms. The Labute approximate surface area is 234 Å². The third kappa shape index (κ3) is 9.29. The summed E-state index contributed by atoms with van der Waals surface area (Å²) in [5.74, 6) is -1.23. The second-order valence-corrected chi connectivity index (χ2v) is 11.6. The van der Waals surface area contributed by atoms with Crippen LogP contribution < -0.4 is 21.7 Å². The molecule has 1 N–H and O–H groups in total. The Morgan fingerprint density at radius 1 is 1.00 bits per heavy atom. The van der Waals surface area contributed by atoms with E-state index in [1.165, 1.54) is 11.8 Å². The van der Waals surface area contributed by atoms with E-state index in [0.717, 1.165) is 26.1 Å². The molecule has 0 unspecified atom stereocenters. The third-order valence-corrected chi connectivity index (χ3v) is 7.25. The molecule has 40 heavy (non-hydrogen) atoms. The van der Waals surface area contributed by atoms with E-state index in [4.69, 9.17) is 0 Å². The molecule has 2 aromatic carbocycles. The number of carbonyl (C=O) groups excluding carboxylic acids is 1. The Hall–Kier alpha value is -3.54. The minimum Gasteiger partial charge on any atom is -0.549 e. The largest absolute Gasteiger partial charge is 0.549 e. The topological polar surface area (TPSA) is 109 Å². The van der Waals surface area contributed by atoms with Crippen molar-refractivity contribution >= 4 is 23.5 Å². The molecule has 0 amide bonds. The van der Waals surface area contributed by atoms with Crippen LogP contribution >= 0.6 is 11.8 Å². The predicted molar refractivity (Wildman–Crippen MR) is 146 cm³/mol. The van der Waals surface area contributed by atoms with Crippen molar-refractivity contribution in [1.82, 2.24) is 14.3 Å². The van der Waals surface area contributed by atoms with Crippen LogP contribution in [0.15, 0.2) is 69.1 Å². The fraction of sp³-hybridized carbons (Fsp3) is 0.429. The quantitative estimate of drug-likeness (QED) is 0.229. The molecule has 0 bridgehead atoms. The average Bonchev–Trinajstić information content (AvgIpc) is 2.88. The Bertz CT molecular complexity index is 1410. The molecule has 0 atom stereocenters. The maximum Gasteiger partial charge on any atom is 0.389 e. The van der Waals surface area contributed by atoms with Crippen molar-refractivity contribution in [3.05, 3.63) is 86.6 Å². The van der Waals surface area contributed by atoms with Crippen LogP contribution in [-0.2, 0) is 24.3 Å². The fourth-order valence-corrected chi connectivity index (χ4v) is 4.94. The summed E-state index contributed by atoms with van der Waals surface area (Å²) in [5.41, 5.74) is 0.326. The van der Waals surface area contributed by atoms with Gasteiger partial charge < -0.3 is 15.2 Å². The SMILES string of the molecule is CC(C)(Sc1cccc(CCCCNc2nn(CCCC(F)(F)F)c(=O)n(Cc3ccccc3)c2=O)c1)C(=O)[O-]. The molecule has 216 valence electrons. The van der Waals surface area contributed by atoms with Gasteiger partial charge in [0.2, 0.25) is 5.82 Å². The van der Waals surface area contributed by atoms with Crippen LogP contribution in [0.5, 0.6) is 0 Å². The molecule has 1 heterocycles. The van der Waals surface area contributed by atoms with E-state index in [9.17, 15) is 32.7 Å².